The molecule has 6 rings (SSSR count). The molecule has 5 N–H and O–H groups in total. The van der Waals surface area contributed by atoms with Crippen LogP contribution in [0.1, 0.15) is 11.6 Å². The zero-order chi connectivity index (χ0) is 31.8. The fourth-order valence-corrected chi connectivity index (χ4v) is 7.91. The van der Waals surface area contributed by atoms with Crippen LogP contribution in [0.4, 0.5) is 5.82 Å². The van der Waals surface area contributed by atoms with Crippen LogP contribution in [0.15, 0.2) is 67.0 Å². The average Bonchev–Trinajstić information content (AvgIpc) is 3.37. The topological polar surface area (TPSA) is 219 Å². The van der Waals surface area contributed by atoms with Gasteiger partial charge in [0.1, 0.15) is 30.5 Å². The highest BCUT2D eigenvalue weighted by molar-refractivity contribution is 7.63. The Morgan fingerprint density at radius 1 is 1.11 bits per heavy atom. The van der Waals surface area contributed by atoms with Crippen molar-refractivity contribution in [1.82, 2.24) is 24.6 Å². The molecule has 2 aromatic carbocycles. The van der Waals surface area contributed by atoms with Gasteiger partial charge in [-0.25, -0.2) is 19.2 Å². The molecule has 1 saturated carbocycles. The number of aliphatic hydroxyl groups is 1. The number of rotatable bonds is 13. The van der Waals surface area contributed by atoms with Crippen LogP contribution in [-0.2, 0) is 38.8 Å². The number of nitrogens with two attached hydrogens (primary N) is 1. The lowest BCUT2D eigenvalue weighted by atomic mass is 10.1. The van der Waals surface area contributed by atoms with Crippen molar-refractivity contribution in [1.29, 1.82) is 0 Å². The molecule has 0 spiro atoms. The molecular weight excluding hydrogens is 654 g/mol. The van der Waals surface area contributed by atoms with Crippen LogP contribution in [0.2, 0.25) is 5.28 Å². The molecule has 16 nitrogen and oxygen atoms in total. The third-order valence-electron chi connectivity index (χ3n) is 7.06. The minimum absolute atomic E-state index is 0.0204. The number of imidazole rings is 1. The quantitative estimate of drug-likeness (QED) is 0.0906. The van der Waals surface area contributed by atoms with E-state index in [-0.39, 0.29) is 29.5 Å². The predicted molar refractivity (Wildman–Crippen MR) is 158 cm³/mol. The summed E-state index contributed by atoms with van der Waals surface area (Å²) >= 11 is 5.94. The third kappa shape index (κ3) is 7.20. The molecule has 1 saturated heterocycles. The highest BCUT2D eigenvalue weighted by atomic mass is 35.5. The van der Waals surface area contributed by atoms with Gasteiger partial charge in [0.25, 0.3) is 0 Å². The Labute approximate surface area is 260 Å². The number of carbonyl (C=O) groups excluding carboxylic acids is 1. The minimum atomic E-state index is -5.12. The largest absolute Gasteiger partial charge is 0.481 e. The van der Waals surface area contributed by atoms with Crippen LogP contribution in [0.25, 0.3) is 11.2 Å². The van der Waals surface area contributed by atoms with Crippen molar-refractivity contribution in [2.45, 2.75) is 31.0 Å². The summed E-state index contributed by atoms with van der Waals surface area (Å²) in [6.07, 6.45) is -1.14. The van der Waals surface area contributed by atoms with Crippen LogP contribution in [0, 0.1) is 5.92 Å². The van der Waals surface area contributed by atoms with Crippen molar-refractivity contribution < 1.29 is 46.8 Å². The lowest BCUT2D eigenvalue weighted by molar-refractivity contribution is -0.143. The van der Waals surface area contributed by atoms with E-state index in [4.69, 9.17) is 40.2 Å². The molecule has 4 aromatic rings. The minimum Gasteiger partial charge on any atom is -0.460 e. The first kappa shape index (κ1) is 31.5. The summed E-state index contributed by atoms with van der Waals surface area (Å²) < 4.78 is 54.5. The van der Waals surface area contributed by atoms with Gasteiger partial charge in [-0.3, -0.25) is 9.32 Å². The number of aliphatic hydroxyl groups excluding tert-OH is 1. The lowest BCUT2D eigenvalue weighted by Crippen LogP contribution is -2.32. The maximum absolute atomic E-state index is 13.5. The van der Waals surface area contributed by atoms with Gasteiger partial charge in [-0.2, -0.15) is 14.3 Å². The van der Waals surface area contributed by atoms with E-state index < -0.39 is 58.9 Å². The molecular formula is C26H27ClN6O10P2. The van der Waals surface area contributed by atoms with Crippen molar-refractivity contribution in [2.75, 3.05) is 18.9 Å². The van der Waals surface area contributed by atoms with E-state index in [9.17, 15) is 23.9 Å². The first-order valence-electron chi connectivity index (χ1n) is 13.5. The smallest absolute Gasteiger partial charge is 0.460 e. The molecule has 1 aliphatic heterocycles. The molecule has 7 atom stereocenters. The molecule has 3 heterocycles. The molecule has 238 valence electrons. The summed E-state index contributed by atoms with van der Waals surface area (Å²) in [7, 11) is -9.82. The normalized spacial score (nSPS) is 24.8. The number of esters is 1. The SMILES string of the molecule is Nc1nc(Cl)nc2c1ncn2C1C2OC(COP(=O)(O)OP(=O)(NCC(=O)OCc3ccccc3)Oc3ccccc3)C(O)C21. The van der Waals surface area contributed by atoms with Crippen LogP contribution in [-0.4, -0.2) is 67.0 Å². The first-order chi connectivity index (χ1) is 21.5. The van der Waals surface area contributed by atoms with Gasteiger partial charge < -0.3 is 34.3 Å². The number of nitrogens with zero attached hydrogens (tertiary/aromatic N) is 4. The molecule has 0 bridgehead atoms. The maximum atomic E-state index is 13.5. The molecule has 2 aromatic heterocycles. The van der Waals surface area contributed by atoms with Gasteiger partial charge >= 0.3 is 21.5 Å². The zero-order valence-electron chi connectivity index (χ0n) is 23.2. The molecule has 0 amide bonds. The van der Waals surface area contributed by atoms with Gasteiger partial charge in [0.2, 0.25) is 5.28 Å². The van der Waals surface area contributed by atoms with Gasteiger partial charge in [0, 0.05) is 5.92 Å². The number of nitrogens with one attached hydrogen (secondary N) is 1. The summed E-state index contributed by atoms with van der Waals surface area (Å²) in [4.78, 5) is 35.0. The second-order valence-corrected chi connectivity index (χ2v) is 13.8. The summed E-state index contributed by atoms with van der Waals surface area (Å²) in [5.41, 5.74) is 7.30. The number of hydrogen-bond donors (Lipinski definition) is 4. The highest BCUT2D eigenvalue weighted by Crippen LogP contribution is 2.61. The number of para-hydroxylation sites is 1. The van der Waals surface area contributed by atoms with E-state index in [1.54, 1.807) is 47.0 Å². The number of fused-ring (bicyclic) bond motifs is 2. The van der Waals surface area contributed by atoms with Gasteiger partial charge in [-0.15, -0.1) is 0 Å². The average molecular weight is 681 g/mol. The number of benzene rings is 2. The molecule has 1 aliphatic carbocycles. The number of phosphoric acid groups is 1. The fraction of sp³-hybridized carbons (Fsp3) is 0.308. The van der Waals surface area contributed by atoms with Crippen molar-refractivity contribution in [3.63, 3.8) is 0 Å². The Balaban J connectivity index is 1.06. The lowest BCUT2D eigenvalue weighted by Gasteiger charge is -2.24. The number of halogens is 1. The monoisotopic (exact) mass is 680 g/mol. The van der Waals surface area contributed by atoms with Gasteiger partial charge in [0.05, 0.1) is 31.2 Å². The van der Waals surface area contributed by atoms with Crippen molar-refractivity contribution in [3.05, 3.63) is 77.8 Å². The number of aromatic nitrogens is 4. The fourth-order valence-electron chi connectivity index (χ4n) is 4.97. The Bertz CT molecular complexity index is 1780. The summed E-state index contributed by atoms with van der Waals surface area (Å²) in [5.74, 6) is -1.12. The van der Waals surface area contributed by atoms with Crippen LogP contribution >= 0.6 is 27.2 Å². The van der Waals surface area contributed by atoms with E-state index in [0.29, 0.717) is 11.2 Å². The van der Waals surface area contributed by atoms with E-state index in [0.717, 1.165) is 5.56 Å². The van der Waals surface area contributed by atoms with Gasteiger partial charge in [0.15, 0.2) is 11.5 Å². The number of hydrogen-bond acceptors (Lipinski definition) is 13. The Hall–Kier alpha value is -3.43. The molecule has 2 aliphatic rings. The van der Waals surface area contributed by atoms with Crippen molar-refractivity contribution in [2.24, 2.45) is 5.92 Å². The molecule has 0 radical (unpaired) electrons. The molecule has 19 heteroatoms. The number of phosphoric ester groups is 1. The molecule has 7 unspecified atom stereocenters. The standard InChI is InChI=1S/C26H27ClN6O10P2/c27-26-31-24(28)20-25(32-26)33(14-29-20)21-19-22(35)17(41-23(19)21)13-40-45(37,38)43-44(36,42-16-9-5-2-6-10-16)30-11-18(34)39-12-15-7-3-1-4-8-15/h1-10,14,17,19,21-23,35H,11-13H2,(H,30,36)(H,37,38)(H2,28,31,32). The molecule has 45 heavy (non-hydrogen) atoms. The maximum Gasteiger partial charge on any atom is 0.481 e. The predicted octanol–water partition coefficient (Wildman–Crippen LogP) is 3.01. The Kier molecular flexibility index (Phi) is 8.94. The Morgan fingerprint density at radius 2 is 1.82 bits per heavy atom. The number of anilines is 1. The first-order valence-corrected chi connectivity index (χ1v) is 16.9. The van der Waals surface area contributed by atoms with Gasteiger partial charge in [-0.05, 0) is 29.3 Å². The summed E-state index contributed by atoms with van der Waals surface area (Å²) in [6, 6.07) is 16.2. The molecule has 2 fully saturated rings. The highest BCUT2D eigenvalue weighted by Gasteiger charge is 2.65. The number of carbonyl (C=O) groups is 1. The van der Waals surface area contributed by atoms with Crippen LogP contribution < -0.4 is 15.3 Å². The van der Waals surface area contributed by atoms with E-state index in [2.05, 4.69) is 20.0 Å². The number of ether oxygens (including phenoxy) is 2. The van der Waals surface area contributed by atoms with Crippen molar-refractivity contribution >= 4 is 50.1 Å². The second-order valence-electron chi connectivity index (χ2n) is 10.1. The van der Waals surface area contributed by atoms with E-state index in [1.165, 1.54) is 18.5 Å². The van der Waals surface area contributed by atoms with E-state index in [1.807, 2.05) is 6.07 Å². The zero-order valence-corrected chi connectivity index (χ0v) is 25.7. The summed E-state index contributed by atoms with van der Waals surface area (Å²) in [6.45, 7) is -1.32. The Morgan fingerprint density at radius 3 is 2.51 bits per heavy atom. The summed E-state index contributed by atoms with van der Waals surface area (Å²) in [5, 5.41) is 13.0. The van der Waals surface area contributed by atoms with Gasteiger partial charge in [-0.1, -0.05) is 48.5 Å². The number of nitrogen functional groups attached to an aromatic ring is 1. The van der Waals surface area contributed by atoms with E-state index >= 15 is 0 Å². The van der Waals surface area contributed by atoms with Crippen LogP contribution in [0.3, 0.4) is 0 Å². The second kappa shape index (κ2) is 12.8. The van der Waals surface area contributed by atoms with Crippen molar-refractivity contribution in [3.8, 4) is 5.75 Å². The van der Waals surface area contributed by atoms with Crippen LogP contribution in [0.5, 0.6) is 5.75 Å². The third-order valence-corrected chi connectivity index (χ3v) is 10.4.